The number of thioether (sulfide) groups is 1. The highest BCUT2D eigenvalue weighted by Crippen LogP contribution is 2.19. The minimum absolute atomic E-state index is 0.0116. The number of rotatable bonds is 17. The van der Waals surface area contributed by atoms with Crippen molar-refractivity contribution < 1.29 is 34.2 Å². The van der Waals surface area contributed by atoms with Crippen LogP contribution >= 0.6 is 11.8 Å². The van der Waals surface area contributed by atoms with Gasteiger partial charge < -0.3 is 36.9 Å². The molecule has 3 rings (SSSR count). The Hall–Kier alpha value is -4.36. The van der Waals surface area contributed by atoms with E-state index in [0.29, 0.717) is 23.3 Å². The molecule has 2 aromatic carbocycles. The number of H-pyrrole nitrogens is 1. The molecule has 3 aromatic rings. The van der Waals surface area contributed by atoms with Crippen LogP contribution in [0.4, 0.5) is 0 Å². The summed E-state index contributed by atoms with van der Waals surface area (Å²) in [4.78, 5) is 66.1. The minimum Gasteiger partial charge on any atom is -0.481 e. The fourth-order valence-electron chi connectivity index (χ4n) is 4.52. The first-order valence-electron chi connectivity index (χ1n) is 13.8. The standard InChI is InChI=1S/C30H37N5O7S/c1-43-14-13-21(31)27(38)33-23(11-12-26(36)37)28(39)34-24(15-18-7-3-2-4-8-18)29(40)35-25(30(41)42)16-19-17-32-22-10-6-5-9-20(19)22/h2-10,17,21,23-25,32H,11-16,31H2,1H3,(H,33,38)(H,34,39)(H,35,40)(H,36,37)(H,41,42). The normalized spacial score (nSPS) is 13.8. The number of hydrogen-bond acceptors (Lipinski definition) is 7. The van der Waals surface area contributed by atoms with Gasteiger partial charge in [0, 0.05) is 36.4 Å². The second-order valence-corrected chi connectivity index (χ2v) is 11.1. The maximum atomic E-state index is 13.5. The van der Waals surface area contributed by atoms with Gasteiger partial charge in [-0.25, -0.2) is 4.79 Å². The third-order valence-corrected chi connectivity index (χ3v) is 7.52. The van der Waals surface area contributed by atoms with E-state index in [1.165, 1.54) is 11.8 Å². The molecule has 12 nitrogen and oxygen atoms in total. The van der Waals surface area contributed by atoms with Crippen molar-refractivity contribution in [3.63, 3.8) is 0 Å². The van der Waals surface area contributed by atoms with Crippen molar-refractivity contribution >= 4 is 52.3 Å². The molecular formula is C30H37N5O7S. The van der Waals surface area contributed by atoms with Gasteiger partial charge in [-0.1, -0.05) is 48.5 Å². The van der Waals surface area contributed by atoms with Crippen LogP contribution in [0.25, 0.3) is 10.9 Å². The number of carbonyl (C=O) groups excluding carboxylic acids is 3. The van der Waals surface area contributed by atoms with Crippen molar-refractivity contribution in [1.29, 1.82) is 0 Å². The van der Waals surface area contributed by atoms with E-state index in [4.69, 9.17) is 5.73 Å². The summed E-state index contributed by atoms with van der Waals surface area (Å²) in [6.07, 6.45) is 3.26. The second kappa shape index (κ2) is 16.3. The predicted octanol–water partition coefficient (Wildman–Crippen LogP) is 1.44. The zero-order chi connectivity index (χ0) is 31.4. The van der Waals surface area contributed by atoms with Crippen LogP contribution in [-0.4, -0.2) is 81.0 Å². The van der Waals surface area contributed by atoms with Crippen LogP contribution in [0.15, 0.2) is 60.8 Å². The van der Waals surface area contributed by atoms with Crippen LogP contribution < -0.4 is 21.7 Å². The van der Waals surface area contributed by atoms with Gasteiger partial charge in [-0.05, 0) is 42.0 Å². The lowest BCUT2D eigenvalue weighted by molar-refractivity contribution is -0.142. The minimum atomic E-state index is -1.31. The lowest BCUT2D eigenvalue weighted by atomic mass is 10.0. The van der Waals surface area contributed by atoms with Crippen molar-refractivity contribution in [2.75, 3.05) is 12.0 Å². The third-order valence-electron chi connectivity index (χ3n) is 6.88. The Kier molecular flexibility index (Phi) is 12.6. The molecule has 0 radical (unpaired) electrons. The fraction of sp³-hybridized carbons (Fsp3) is 0.367. The van der Waals surface area contributed by atoms with Gasteiger partial charge >= 0.3 is 11.9 Å². The van der Waals surface area contributed by atoms with Crippen LogP contribution in [0.1, 0.15) is 30.4 Å². The molecule has 0 fully saturated rings. The Morgan fingerprint density at radius 2 is 1.44 bits per heavy atom. The number of para-hydroxylation sites is 1. The number of hydrogen-bond donors (Lipinski definition) is 7. The van der Waals surface area contributed by atoms with Gasteiger partial charge in [0.2, 0.25) is 17.7 Å². The largest absolute Gasteiger partial charge is 0.481 e. The number of aromatic amines is 1. The van der Waals surface area contributed by atoms with E-state index in [-0.39, 0.29) is 19.3 Å². The molecule has 0 saturated carbocycles. The van der Waals surface area contributed by atoms with Crippen molar-refractivity contribution in [3.05, 3.63) is 71.9 Å². The summed E-state index contributed by atoms with van der Waals surface area (Å²) in [5.41, 5.74) is 8.15. The van der Waals surface area contributed by atoms with E-state index >= 15 is 0 Å². The molecule has 43 heavy (non-hydrogen) atoms. The Labute approximate surface area is 253 Å². The lowest BCUT2D eigenvalue weighted by Gasteiger charge is -2.25. The number of carboxylic acids is 2. The molecule has 0 aliphatic carbocycles. The molecule has 0 saturated heterocycles. The Morgan fingerprint density at radius 3 is 2.12 bits per heavy atom. The highest BCUT2D eigenvalue weighted by atomic mass is 32.2. The summed E-state index contributed by atoms with van der Waals surface area (Å²) in [6, 6.07) is 11.5. The van der Waals surface area contributed by atoms with Crippen molar-refractivity contribution in [3.8, 4) is 0 Å². The topological polar surface area (TPSA) is 204 Å². The first-order chi connectivity index (χ1) is 20.6. The van der Waals surface area contributed by atoms with Crippen LogP contribution in [-0.2, 0) is 36.8 Å². The first-order valence-corrected chi connectivity index (χ1v) is 15.2. The van der Waals surface area contributed by atoms with E-state index in [2.05, 4.69) is 20.9 Å². The number of nitrogens with two attached hydrogens (primary N) is 1. The van der Waals surface area contributed by atoms with E-state index in [0.717, 1.165) is 10.9 Å². The number of aliphatic carboxylic acids is 2. The number of carbonyl (C=O) groups is 5. The summed E-state index contributed by atoms with van der Waals surface area (Å²) in [5, 5.41) is 27.6. The summed E-state index contributed by atoms with van der Waals surface area (Å²) in [7, 11) is 0. The van der Waals surface area contributed by atoms with Crippen molar-refractivity contribution in [1.82, 2.24) is 20.9 Å². The van der Waals surface area contributed by atoms with E-state index in [1.807, 2.05) is 30.5 Å². The van der Waals surface area contributed by atoms with E-state index < -0.39 is 60.2 Å². The molecule has 3 amide bonds. The third kappa shape index (κ3) is 10.1. The molecule has 0 aliphatic rings. The second-order valence-electron chi connectivity index (χ2n) is 10.1. The molecule has 1 heterocycles. The predicted molar refractivity (Wildman–Crippen MR) is 163 cm³/mol. The van der Waals surface area contributed by atoms with Gasteiger partial charge in [-0.2, -0.15) is 11.8 Å². The summed E-state index contributed by atoms with van der Waals surface area (Å²) in [6.45, 7) is 0. The Balaban J connectivity index is 1.80. The Morgan fingerprint density at radius 1 is 0.814 bits per heavy atom. The van der Waals surface area contributed by atoms with Crippen LogP contribution in [0.3, 0.4) is 0 Å². The van der Waals surface area contributed by atoms with Crippen LogP contribution in [0.2, 0.25) is 0 Å². The molecule has 230 valence electrons. The zero-order valence-electron chi connectivity index (χ0n) is 23.7. The van der Waals surface area contributed by atoms with Gasteiger partial charge in [-0.3, -0.25) is 19.2 Å². The number of carboxylic acid groups (broad SMARTS) is 2. The average molecular weight is 612 g/mol. The van der Waals surface area contributed by atoms with Gasteiger partial charge in [-0.15, -0.1) is 0 Å². The molecule has 0 bridgehead atoms. The van der Waals surface area contributed by atoms with Crippen molar-refractivity contribution in [2.24, 2.45) is 5.73 Å². The molecule has 4 unspecified atom stereocenters. The summed E-state index contributed by atoms with van der Waals surface area (Å²) in [5.74, 6) is -3.96. The van der Waals surface area contributed by atoms with E-state index in [9.17, 15) is 34.2 Å². The molecular weight excluding hydrogens is 574 g/mol. The molecule has 1 aromatic heterocycles. The van der Waals surface area contributed by atoms with Gasteiger partial charge in [0.05, 0.1) is 6.04 Å². The zero-order valence-corrected chi connectivity index (χ0v) is 24.6. The molecule has 0 spiro atoms. The number of benzene rings is 2. The van der Waals surface area contributed by atoms with Crippen LogP contribution in [0, 0.1) is 0 Å². The Bertz CT molecular complexity index is 1410. The first kappa shape index (κ1) is 33.1. The maximum Gasteiger partial charge on any atom is 0.326 e. The smallest absolute Gasteiger partial charge is 0.326 e. The number of nitrogens with one attached hydrogen (secondary N) is 4. The maximum absolute atomic E-state index is 13.5. The highest BCUT2D eigenvalue weighted by molar-refractivity contribution is 7.98. The van der Waals surface area contributed by atoms with Gasteiger partial charge in [0.1, 0.15) is 18.1 Å². The molecule has 0 aliphatic heterocycles. The molecule has 13 heteroatoms. The number of fused-ring (bicyclic) bond motifs is 1. The average Bonchev–Trinajstić information content (AvgIpc) is 3.40. The number of amides is 3. The lowest BCUT2D eigenvalue weighted by Crippen LogP contribution is -2.58. The SMILES string of the molecule is CSCCC(N)C(=O)NC(CCC(=O)O)C(=O)NC(Cc1ccccc1)C(=O)NC(Cc1c[nH]c2ccccc12)C(=O)O. The number of aromatic nitrogens is 1. The van der Waals surface area contributed by atoms with Crippen molar-refractivity contribution in [2.45, 2.75) is 56.3 Å². The molecule has 4 atom stereocenters. The fourth-order valence-corrected chi connectivity index (χ4v) is 5.01. The summed E-state index contributed by atoms with van der Waals surface area (Å²) < 4.78 is 0. The molecule has 8 N–H and O–H groups in total. The highest BCUT2D eigenvalue weighted by Gasteiger charge is 2.31. The van der Waals surface area contributed by atoms with Crippen LogP contribution in [0.5, 0.6) is 0 Å². The van der Waals surface area contributed by atoms with E-state index in [1.54, 1.807) is 36.5 Å². The summed E-state index contributed by atoms with van der Waals surface area (Å²) >= 11 is 1.50. The van der Waals surface area contributed by atoms with Gasteiger partial charge in [0.25, 0.3) is 0 Å². The monoisotopic (exact) mass is 611 g/mol. The van der Waals surface area contributed by atoms with Gasteiger partial charge in [0.15, 0.2) is 0 Å². The quantitative estimate of drug-likeness (QED) is 0.118.